The molecule has 0 spiro atoms. The smallest absolute Gasteiger partial charge is 0.274 e. The SMILES string of the molecule is O=C(N/C(=C\c1ccc(Cl)cc1)c1nc(-c2ccccc2)no1)c1ccccc1. The molecule has 3 aromatic carbocycles. The van der Waals surface area contributed by atoms with Gasteiger partial charge in [-0.2, -0.15) is 4.98 Å². The van der Waals surface area contributed by atoms with E-state index in [1.54, 1.807) is 42.5 Å². The molecule has 4 rings (SSSR count). The van der Waals surface area contributed by atoms with Crippen LogP contribution in [0.25, 0.3) is 23.2 Å². The zero-order valence-corrected chi connectivity index (χ0v) is 16.0. The van der Waals surface area contributed by atoms with Crippen LogP contribution in [0.5, 0.6) is 0 Å². The number of benzene rings is 3. The average Bonchev–Trinajstić information content (AvgIpc) is 3.26. The van der Waals surface area contributed by atoms with Crippen molar-refractivity contribution in [2.45, 2.75) is 0 Å². The van der Waals surface area contributed by atoms with E-state index in [4.69, 9.17) is 16.1 Å². The Morgan fingerprint density at radius 1 is 0.897 bits per heavy atom. The molecule has 0 unspecified atom stereocenters. The van der Waals surface area contributed by atoms with Gasteiger partial charge in [0.05, 0.1) is 0 Å². The number of carbonyl (C=O) groups is 1. The summed E-state index contributed by atoms with van der Waals surface area (Å²) in [7, 11) is 0. The zero-order chi connectivity index (χ0) is 20.1. The van der Waals surface area contributed by atoms with Crippen molar-refractivity contribution in [1.82, 2.24) is 15.5 Å². The molecule has 0 radical (unpaired) electrons. The molecule has 0 saturated carbocycles. The number of halogens is 1. The molecule has 4 aromatic rings. The Morgan fingerprint density at radius 3 is 2.24 bits per heavy atom. The molecule has 5 nitrogen and oxygen atoms in total. The Bertz CT molecular complexity index is 1140. The van der Waals surface area contributed by atoms with Crippen LogP contribution >= 0.6 is 11.6 Å². The zero-order valence-electron chi connectivity index (χ0n) is 15.2. The van der Waals surface area contributed by atoms with Crippen LogP contribution in [-0.4, -0.2) is 16.0 Å². The van der Waals surface area contributed by atoms with E-state index in [0.717, 1.165) is 11.1 Å². The molecule has 0 aliphatic heterocycles. The summed E-state index contributed by atoms with van der Waals surface area (Å²) in [5.41, 5.74) is 2.58. The summed E-state index contributed by atoms with van der Waals surface area (Å²) in [6, 6.07) is 25.6. The van der Waals surface area contributed by atoms with E-state index >= 15 is 0 Å². The highest BCUT2D eigenvalue weighted by atomic mass is 35.5. The minimum absolute atomic E-state index is 0.211. The van der Waals surface area contributed by atoms with Gasteiger partial charge in [0.25, 0.3) is 11.8 Å². The van der Waals surface area contributed by atoms with Gasteiger partial charge in [0.15, 0.2) is 0 Å². The summed E-state index contributed by atoms with van der Waals surface area (Å²) in [5, 5.41) is 7.54. The Hall–Kier alpha value is -3.70. The maximum absolute atomic E-state index is 12.7. The maximum Gasteiger partial charge on any atom is 0.274 e. The first kappa shape index (κ1) is 18.7. The normalized spacial score (nSPS) is 11.3. The number of nitrogens with zero attached hydrogens (tertiary/aromatic N) is 2. The van der Waals surface area contributed by atoms with Crippen LogP contribution in [0, 0.1) is 0 Å². The van der Waals surface area contributed by atoms with Crippen molar-refractivity contribution in [2.24, 2.45) is 0 Å². The minimum Gasteiger partial charge on any atom is -0.332 e. The van der Waals surface area contributed by atoms with Crippen molar-refractivity contribution < 1.29 is 9.32 Å². The van der Waals surface area contributed by atoms with Gasteiger partial charge in [0.1, 0.15) is 5.70 Å². The van der Waals surface area contributed by atoms with Gasteiger partial charge >= 0.3 is 0 Å². The Balaban J connectivity index is 1.69. The lowest BCUT2D eigenvalue weighted by molar-refractivity contribution is 0.0973. The summed E-state index contributed by atoms with van der Waals surface area (Å²) in [5.74, 6) is 0.380. The molecule has 142 valence electrons. The Kier molecular flexibility index (Phi) is 5.49. The fourth-order valence-electron chi connectivity index (χ4n) is 2.70. The number of amides is 1. The molecule has 0 bridgehead atoms. The van der Waals surface area contributed by atoms with E-state index in [-0.39, 0.29) is 11.8 Å². The second-order valence-corrected chi connectivity index (χ2v) is 6.66. The standard InChI is InChI=1S/C23H16ClN3O2/c24-19-13-11-16(12-14-19)15-20(25-22(28)18-9-5-2-6-10-18)23-26-21(27-29-23)17-7-3-1-4-8-17/h1-15H,(H,25,28)/b20-15-. The third kappa shape index (κ3) is 4.59. The average molecular weight is 402 g/mol. The monoisotopic (exact) mass is 401 g/mol. The van der Waals surface area contributed by atoms with Gasteiger partial charge in [0, 0.05) is 16.1 Å². The first-order chi connectivity index (χ1) is 14.2. The third-order valence-corrected chi connectivity index (χ3v) is 4.41. The highest BCUT2D eigenvalue weighted by Crippen LogP contribution is 2.21. The molecule has 1 amide bonds. The Labute approximate surface area is 172 Å². The molecule has 29 heavy (non-hydrogen) atoms. The van der Waals surface area contributed by atoms with Crippen molar-refractivity contribution >= 4 is 29.3 Å². The van der Waals surface area contributed by atoms with Crippen molar-refractivity contribution in [1.29, 1.82) is 0 Å². The molecule has 1 N–H and O–H groups in total. The van der Waals surface area contributed by atoms with Crippen molar-refractivity contribution in [3.8, 4) is 11.4 Å². The van der Waals surface area contributed by atoms with Crippen LogP contribution in [0.1, 0.15) is 21.8 Å². The summed E-state index contributed by atoms with van der Waals surface area (Å²) < 4.78 is 5.44. The molecule has 0 fully saturated rings. The Morgan fingerprint density at radius 2 is 1.55 bits per heavy atom. The van der Waals surface area contributed by atoms with E-state index in [2.05, 4.69) is 15.5 Å². The lowest BCUT2D eigenvalue weighted by Gasteiger charge is -2.07. The predicted octanol–water partition coefficient (Wildman–Crippen LogP) is 5.32. The highest BCUT2D eigenvalue weighted by molar-refractivity contribution is 6.30. The van der Waals surface area contributed by atoms with Gasteiger partial charge in [-0.1, -0.05) is 77.4 Å². The number of hydrogen-bond donors (Lipinski definition) is 1. The first-order valence-corrected chi connectivity index (χ1v) is 9.30. The molecule has 1 heterocycles. The molecular formula is C23H16ClN3O2. The van der Waals surface area contributed by atoms with Gasteiger partial charge in [-0.3, -0.25) is 4.79 Å². The van der Waals surface area contributed by atoms with Crippen LogP contribution < -0.4 is 5.32 Å². The predicted molar refractivity (Wildman–Crippen MR) is 113 cm³/mol. The lowest BCUT2D eigenvalue weighted by Crippen LogP contribution is -2.22. The summed E-state index contributed by atoms with van der Waals surface area (Å²) in [6.07, 6.45) is 1.76. The van der Waals surface area contributed by atoms with Crippen LogP contribution in [0.2, 0.25) is 5.02 Å². The number of nitrogens with one attached hydrogen (secondary N) is 1. The molecular weight excluding hydrogens is 386 g/mol. The minimum atomic E-state index is -0.273. The second-order valence-electron chi connectivity index (χ2n) is 6.22. The lowest BCUT2D eigenvalue weighted by atomic mass is 10.1. The summed E-state index contributed by atoms with van der Waals surface area (Å²) in [6.45, 7) is 0. The summed E-state index contributed by atoms with van der Waals surface area (Å²) >= 11 is 5.97. The number of rotatable bonds is 5. The van der Waals surface area contributed by atoms with Gasteiger partial charge in [0.2, 0.25) is 5.82 Å². The number of carbonyl (C=O) groups excluding carboxylic acids is 1. The van der Waals surface area contributed by atoms with Gasteiger partial charge in [-0.05, 0) is 35.9 Å². The van der Waals surface area contributed by atoms with Gasteiger partial charge < -0.3 is 9.84 Å². The third-order valence-electron chi connectivity index (χ3n) is 4.15. The quantitative estimate of drug-likeness (QED) is 0.491. The molecule has 0 saturated heterocycles. The van der Waals surface area contributed by atoms with E-state index in [9.17, 15) is 4.79 Å². The van der Waals surface area contributed by atoms with Crippen LogP contribution in [0.3, 0.4) is 0 Å². The van der Waals surface area contributed by atoms with Crippen molar-refractivity contribution in [3.63, 3.8) is 0 Å². The largest absolute Gasteiger partial charge is 0.332 e. The highest BCUT2D eigenvalue weighted by Gasteiger charge is 2.16. The summed E-state index contributed by atoms with van der Waals surface area (Å²) in [4.78, 5) is 17.1. The van der Waals surface area contributed by atoms with Crippen LogP contribution in [0.15, 0.2) is 89.5 Å². The second kappa shape index (κ2) is 8.54. The fraction of sp³-hybridized carbons (Fsp3) is 0. The van der Waals surface area contributed by atoms with E-state index < -0.39 is 0 Å². The fourth-order valence-corrected chi connectivity index (χ4v) is 2.82. The van der Waals surface area contributed by atoms with Crippen LogP contribution in [0.4, 0.5) is 0 Å². The molecule has 0 aliphatic rings. The van der Waals surface area contributed by atoms with E-state index in [1.165, 1.54) is 0 Å². The van der Waals surface area contributed by atoms with Gasteiger partial charge in [-0.15, -0.1) is 0 Å². The van der Waals surface area contributed by atoms with Crippen LogP contribution in [-0.2, 0) is 0 Å². The molecule has 1 aromatic heterocycles. The van der Waals surface area contributed by atoms with E-state index in [1.807, 2.05) is 48.5 Å². The molecule has 0 aliphatic carbocycles. The number of hydrogen-bond acceptors (Lipinski definition) is 4. The van der Waals surface area contributed by atoms with E-state index in [0.29, 0.717) is 22.1 Å². The molecule has 6 heteroatoms. The first-order valence-electron chi connectivity index (χ1n) is 8.92. The maximum atomic E-state index is 12.7. The van der Waals surface area contributed by atoms with Gasteiger partial charge in [-0.25, -0.2) is 0 Å². The molecule has 0 atom stereocenters. The number of aromatic nitrogens is 2. The van der Waals surface area contributed by atoms with Crippen molar-refractivity contribution in [2.75, 3.05) is 0 Å². The topological polar surface area (TPSA) is 68.0 Å². The van der Waals surface area contributed by atoms with Crippen molar-refractivity contribution in [3.05, 3.63) is 107 Å².